The molecule has 0 heterocycles. The van der Waals surface area contributed by atoms with Crippen LogP contribution in [0.2, 0.25) is 0 Å². The molecule has 2 N–H and O–H groups in total. The van der Waals surface area contributed by atoms with Crippen LogP contribution in [0.3, 0.4) is 0 Å². The summed E-state index contributed by atoms with van der Waals surface area (Å²) in [7, 11) is -3.17. The van der Waals surface area contributed by atoms with Crippen molar-refractivity contribution in [3.63, 3.8) is 0 Å². The van der Waals surface area contributed by atoms with Crippen LogP contribution in [0.4, 0.5) is 4.39 Å². The Morgan fingerprint density at radius 2 is 1.81 bits per heavy atom. The third kappa shape index (κ3) is 7.51. The van der Waals surface area contributed by atoms with Gasteiger partial charge in [0.2, 0.25) is 10.0 Å². The number of nitrogens with one attached hydrogen (secondary N) is 2. The van der Waals surface area contributed by atoms with Gasteiger partial charge in [-0.15, -0.1) is 0 Å². The maximum absolute atomic E-state index is 13.5. The van der Waals surface area contributed by atoms with Gasteiger partial charge in [0.25, 0.3) is 0 Å². The van der Waals surface area contributed by atoms with E-state index in [0.717, 1.165) is 17.6 Å². The molecule has 0 aliphatic heterocycles. The fourth-order valence-corrected chi connectivity index (χ4v) is 2.88. The molecule has 2 aromatic rings. The van der Waals surface area contributed by atoms with Gasteiger partial charge in [0.1, 0.15) is 11.6 Å². The van der Waals surface area contributed by atoms with E-state index in [1.165, 1.54) is 6.07 Å². The SMILES string of the molecule is CC(CNS(C)(=O)=O)NCc1ccc(OCCc2ccccc2F)cc1. The van der Waals surface area contributed by atoms with Crippen molar-refractivity contribution in [2.24, 2.45) is 0 Å². The zero-order valence-corrected chi connectivity index (χ0v) is 15.9. The van der Waals surface area contributed by atoms with Crippen molar-refractivity contribution < 1.29 is 17.5 Å². The predicted molar refractivity (Wildman–Crippen MR) is 101 cm³/mol. The third-order valence-corrected chi connectivity index (χ3v) is 4.52. The molecule has 0 bridgehead atoms. The molecular formula is C19H25FN2O3S. The number of hydrogen-bond acceptors (Lipinski definition) is 4. The summed E-state index contributed by atoms with van der Waals surface area (Å²) in [5.41, 5.74) is 1.71. The van der Waals surface area contributed by atoms with Gasteiger partial charge in [-0.2, -0.15) is 0 Å². The largest absolute Gasteiger partial charge is 0.493 e. The monoisotopic (exact) mass is 380 g/mol. The first-order valence-electron chi connectivity index (χ1n) is 8.46. The van der Waals surface area contributed by atoms with E-state index in [0.29, 0.717) is 31.7 Å². The highest BCUT2D eigenvalue weighted by molar-refractivity contribution is 7.88. The molecule has 142 valence electrons. The normalized spacial score (nSPS) is 12.7. The second-order valence-electron chi connectivity index (χ2n) is 6.24. The van der Waals surface area contributed by atoms with Crippen LogP contribution in [-0.2, 0) is 23.0 Å². The summed E-state index contributed by atoms with van der Waals surface area (Å²) in [6, 6.07) is 14.3. The van der Waals surface area contributed by atoms with E-state index < -0.39 is 10.0 Å². The molecule has 0 saturated carbocycles. The first-order valence-corrected chi connectivity index (χ1v) is 10.4. The molecule has 2 aromatic carbocycles. The average Bonchev–Trinajstić information content (AvgIpc) is 2.60. The van der Waals surface area contributed by atoms with Crippen molar-refractivity contribution >= 4 is 10.0 Å². The van der Waals surface area contributed by atoms with Crippen LogP contribution >= 0.6 is 0 Å². The highest BCUT2D eigenvalue weighted by atomic mass is 32.2. The van der Waals surface area contributed by atoms with Gasteiger partial charge in [-0.1, -0.05) is 30.3 Å². The van der Waals surface area contributed by atoms with Crippen LogP contribution in [0.25, 0.3) is 0 Å². The van der Waals surface area contributed by atoms with Gasteiger partial charge in [0, 0.05) is 25.6 Å². The molecule has 5 nitrogen and oxygen atoms in total. The van der Waals surface area contributed by atoms with E-state index in [2.05, 4.69) is 10.0 Å². The van der Waals surface area contributed by atoms with Gasteiger partial charge >= 0.3 is 0 Å². The van der Waals surface area contributed by atoms with Crippen molar-refractivity contribution in [1.82, 2.24) is 10.0 Å². The minimum absolute atomic E-state index is 0.0152. The Morgan fingerprint density at radius 3 is 2.46 bits per heavy atom. The van der Waals surface area contributed by atoms with E-state index in [4.69, 9.17) is 4.74 Å². The third-order valence-electron chi connectivity index (χ3n) is 3.83. The molecule has 0 saturated heterocycles. The fourth-order valence-electron chi connectivity index (χ4n) is 2.32. The molecular weight excluding hydrogens is 355 g/mol. The maximum Gasteiger partial charge on any atom is 0.208 e. The lowest BCUT2D eigenvalue weighted by molar-refractivity contribution is 0.320. The first kappa shape index (κ1) is 20.4. The van der Waals surface area contributed by atoms with Crippen LogP contribution in [0.5, 0.6) is 5.75 Å². The van der Waals surface area contributed by atoms with Crippen molar-refractivity contribution in [2.75, 3.05) is 19.4 Å². The molecule has 0 radical (unpaired) electrons. The zero-order valence-electron chi connectivity index (χ0n) is 15.0. The van der Waals surface area contributed by atoms with Gasteiger partial charge in [-0.25, -0.2) is 17.5 Å². The minimum atomic E-state index is -3.17. The number of ether oxygens (including phenoxy) is 1. The molecule has 1 atom stereocenters. The van der Waals surface area contributed by atoms with E-state index in [9.17, 15) is 12.8 Å². The quantitative estimate of drug-likeness (QED) is 0.665. The van der Waals surface area contributed by atoms with Crippen LogP contribution in [0.15, 0.2) is 48.5 Å². The predicted octanol–water partition coefficient (Wildman–Crippen LogP) is 2.47. The van der Waals surface area contributed by atoms with Crippen molar-refractivity contribution in [3.05, 3.63) is 65.5 Å². The van der Waals surface area contributed by atoms with E-state index in [1.54, 1.807) is 12.1 Å². The average molecular weight is 380 g/mol. The van der Waals surface area contributed by atoms with Crippen LogP contribution in [0.1, 0.15) is 18.1 Å². The molecule has 2 rings (SSSR count). The van der Waals surface area contributed by atoms with Crippen molar-refractivity contribution in [2.45, 2.75) is 25.9 Å². The summed E-state index contributed by atoms with van der Waals surface area (Å²) in [5, 5.41) is 3.25. The summed E-state index contributed by atoms with van der Waals surface area (Å²) in [6.45, 7) is 3.29. The van der Waals surface area contributed by atoms with E-state index >= 15 is 0 Å². The van der Waals surface area contributed by atoms with Crippen molar-refractivity contribution in [3.8, 4) is 5.75 Å². The Labute approximate surface area is 154 Å². The van der Waals surface area contributed by atoms with E-state index in [1.807, 2.05) is 37.3 Å². The van der Waals surface area contributed by atoms with Gasteiger partial charge in [0.15, 0.2) is 0 Å². The summed E-state index contributed by atoms with van der Waals surface area (Å²) < 4.78 is 43.8. The molecule has 0 aliphatic rings. The molecule has 1 unspecified atom stereocenters. The molecule has 0 aromatic heterocycles. The number of sulfonamides is 1. The lowest BCUT2D eigenvalue weighted by Gasteiger charge is -2.14. The Bertz CT molecular complexity index is 795. The van der Waals surface area contributed by atoms with Gasteiger partial charge in [-0.3, -0.25) is 0 Å². The Balaban J connectivity index is 1.73. The molecule has 0 amide bonds. The van der Waals surface area contributed by atoms with Crippen LogP contribution in [-0.4, -0.2) is 33.9 Å². The lowest BCUT2D eigenvalue weighted by atomic mass is 10.1. The van der Waals surface area contributed by atoms with Gasteiger partial charge < -0.3 is 10.1 Å². The second kappa shape index (κ2) is 9.66. The fraction of sp³-hybridized carbons (Fsp3) is 0.368. The maximum atomic E-state index is 13.5. The number of rotatable bonds is 10. The molecule has 26 heavy (non-hydrogen) atoms. The summed E-state index contributed by atoms with van der Waals surface area (Å²) in [4.78, 5) is 0. The van der Waals surface area contributed by atoms with Gasteiger partial charge in [0.05, 0.1) is 12.9 Å². The Hall–Kier alpha value is -1.96. The Kier molecular flexibility index (Phi) is 7.56. The molecule has 0 spiro atoms. The second-order valence-corrected chi connectivity index (χ2v) is 8.07. The van der Waals surface area contributed by atoms with Crippen molar-refractivity contribution in [1.29, 1.82) is 0 Å². The topological polar surface area (TPSA) is 67.4 Å². The molecule has 7 heteroatoms. The number of benzene rings is 2. The first-order chi connectivity index (χ1) is 12.3. The van der Waals surface area contributed by atoms with E-state index in [-0.39, 0.29) is 11.9 Å². The summed E-state index contributed by atoms with van der Waals surface area (Å²) >= 11 is 0. The molecule has 0 aliphatic carbocycles. The lowest BCUT2D eigenvalue weighted by Crippen LogP contribution is -2.38. The zero-order chi connectivity index (χ0) is 19.0. The highest BCUT2D eigenvalue weighted by Gasteiger charge is 2.06. The Morgan fingerprint density at radius 1 is 1.12 bits per heavy atom. The summed E-state index contributed by atoms with van der Waals surface area (Å²) in [5.74, 6) is 0.522. The molecule has 0 fully saturated rings. The number of hydrogen-bond donors (Lipinski definition) is 2. The van der Waals surface area contributed by atoms with Gasteiger partial charge in [-0.05, 0) is 36.2 Å². The standard InChI is InChI=1S/C19H25FN2O3S/c1-15(13-22-26(2,23)24)21-14-16-7-9-18(10-8-16)25-12-11-17-5-3-4-6-19(17)20/h3-10,15,21-22H,11-14H2,1-2H3. The number of halogens is 1. The van der Waals surface area contributed by atoms with Crippen LogP contribution in [0, 0.1) is 5.82 Å². The minimum Gasteiger partial charge on any atom is -0.493 e. The highest BCUT2D eigenvalue weighted by Crippen LogP contribution is 2.14. The summed E-state index contributed by atoms with van der Waals surface area (Å²) in [6.07, 6.45) is 1.66. The smallest absolute Gasteiger partial charge is 0.208 e. The van der Waals surface area contributed by atoms with Crippen LogP contribution < -0.4 is 14.8 Å².